The van der Waals surface area contributed by atoms with E-state index in [0.717, 1.165) is 22.0 Å². The molecule has 0 amide bonds. The summed E-state index contributed by atoms with van der Waals surface area (Å²) in [7, 11) is 0. The van der Waals surface area contributed by atoms with Gasteiger partial charge in [0.25, 0.3) is 0 Å². The van der Waals surface area contributed by atoms with Crippen molar-refractivity contribution in [3.63, 3.8) is 0 Å². The van der Waals surface area contributed by atoms with E-state index in [-0.39, 0.29) is 6.42 Å². The highest BCUT2D eigenvalue weighted by Crippen LogP contribution is 2.19. The molecule has 0 atom stereocenters. The number of nitrogens with zero attached hydrogens (tertiary/aromatic N) is 1. The maximum atomic E-state index is 10.5. The molecule has 1 rings (SSSR count). The summed E-state index contributed by atoms with van der Waals surface area (Å²) in [5.41, 5.74) is 0.828. The van der Waals surface area contributed by atoms with Crippen molar-refractivity contribution in [2.24, 2.45) is 0 Å². The minimum Gasteiger partial charge on any atom is -0.481 e. The van der Waals surface area contributed by atoms with Gasteiger partial charge >= 0.3 is 5.97 Å². The molecular weight excluding hydrogens is 214 g/mol. The summed E-state index contributed by atoms with van der Waals surface area (Å²) < 4.78 is 5.22. The normalized spacial score (nSPS) is 10.5. The topological polar surface area (TPSA) is 59.4 Å². The van der Waals surface area contributed by atoms with Crippen molar-refractivity contribution in [2.75, 3.05) is 13.2 Å². The summed E-state index contributed by atoms with van der Waals surface area (Å²) in [4.78, 5) is 15.7. The third-order valence-electron chi connectivity index (χ3n) is 1.91. The van der Waals surface area contributed by atoms with Gasteiger partial charge in [0, 0.05) is 17.9 Å². The molecule has 15 heavy (non-hydrogen) atoms. The van der Waals surface area contributed by atoms with Crippen LogP contribution in [0.2, 0.25) is 0 Å². The molecule has 1 N–H and O–H groups in total. The predicted molar refractivity (Wildman–Crippen MR) is 58.4 cm³/mol. The molecule has 0 fully saturated rings. The molecule has 0 saturated heterocycles. The van der Waals surface area contributed by atoms with Crippen molar-refractivity contribution in [1.29, 1.82) is 0 Å². The van der Waals surface area contributed by atoms with E-state index in [1.54, 1.807) is 0 Å². The van der Waals surface area contributed by atoms with Crippen LogP contribution in [0.3, 0.4) is 0 Å². The number of aryl methyl sites for hydroxylation is 1. The molecule has 4 nitrogen and oxygen atoms in total. The van der Waals surface area contributed by atoms with Crippen molar-refractivity contribution < 1.29 is 14.6 Å². The van der Waals surface area contributed by atoms with Crippen LogP contribution < -0.4 is 0 Å². The Kier molecular flexibility index (Phi) is 4.71. The molecule has 0 aliphatic heterocycles. The molecule has 84 valence electrons. The number of thiazole rings is 1. The summed E-state index contributed by atoms with van der Waals surface area (Å²) >= 11 is 1.47. The van der Waals surface area contributed by atoms with E-state index in [9.17, 15) is 4.79 Å². The lowest BCUT2D eigenvalue weighted by Gasteiger charge is -1.96. The van der Waals surface area contributed by atoms with Gasteiger partial charge in [0.15, 0.2) is 0 Å². The Bertz CT molecular complexity index is 335. The van der Waals surface area contributed by atoms with E-state index >= 15 is 0 Å². The smallest absolute Gasteiger partial charge is 0.308 e. The zero-order valence-corrected chi connectivity index (χ0v) is 9.76. The summed E-state index contributed by atoms with van der Waals surface area (Å²) in [5.74, 6) is -0.807. The monoisotopic (exact) mass is 229 g/mol. The van der Waals surface area contributed by atoms with Gasteiger partial charge in [-0.2, -0.15) is 0 Å². The van der Waals surface area contributed by atoms with Crippen LogP contribution in [0, 0.1) is 6.92 Å². The molecule has 1 aromatic rings. The Labute approximate surface area is 92.9 Å². The molecule has 0 saturated carbocycles. The van der Waals surface area contributed by atoms with Crippen LogP contribution in [0.25, 0.3) is 0 Å². The molecule has 0 radical (unpaired) electrons. The van der Waals surface area contributed by atoms with Gasteiger partial charge in [-0.1, -0.05) is 0 Å². The Hall–Kier alpha value is -0.940. The van der Waals surface area contributed by atoms with Crippen molar-refractivity contribution in [2.45, 2.75) is 26.7 Å². The fourth-order valence-electron chi connectivity index (χ4n) is 1.20. The minimum atomic E-state index is -0.807. The number of carboxylic acid groups (broad SMARTS) is 1. The molecule has 0 aliphatic rings. The number of ether oxygens (including phenoxy) is 1. The highest BCUT2D eigenvalue weighted by atomic mass is 32.1. The molecule has 1 heterocycles. The number of rotatable bonds is 6. The number of carboxylic acids is 1. The first-order valence-electron chi connectivity index (χ1n) is 4.88. The maximum Gasteiger partial charge on any atom is 0.308 e. The zero-order valence-electron chi connectivity index (χ0n) is 8.95. The van der Waals surface area contributed by atoms with Gasteiger partial charge < -0.3 is 9.84 Å². The Morgan fingerprint density at radius 3 is 2.93 bits per heavy atom. The zero-order chi connectivity index (χ0) is 11.3. The molecule has 0 unspecified atom stereocenters. The summed E-state index contributed by atoms with van der Waals surface area (Å²) in [6.45, 7) is 5.14. The number of hydrogen-bond donors (Lipinski definition) is 1. The van der Waals surface area contributed by atoms with Crippen LogP contribution in [-0.4, -0.2) is 29.3 Å². The van der Waals surface area contributed by atoms with Gasteiger partial charge in [0.05, 0.1) is 23.7 Å². The average molecular weight is 229 g/mol. The Morgan fingerprint density at radius 1 is 1.60 bits per heavy atom. The van der Waals surface area contributed by atoms with Crippen molar-refractivity contribution in [3.8, 4) is 0 Å². The quantitative estimate of drug-likeness (QED) is 0.754. The number of hydrogen-bond acceptors (Lipinski definition) is 4. The largest absolute Gasteiger partial charge is 0.481 e. The first-order valence-corrected chi connectivity index (χ1v) is 5.69. The third kappa shape index (κ3) is 3.97. The van der Waals surface area contributed by atoms with E-state index in [0.29, 0.717) is 13.2 Å². The van der Waals surface area contributed by atoms with Gasteiger partial charge in [-0.25, -0.2) is 4.98 Å². The van der Waals surface area contributed by atoms with Crippen molar-refractivity contribution in [1.82, 2.24) is 4.98 Å². The van der Waals surface area contributed by atoms with Crippen molar-refractivity contribution >= 4 is 17.3 Å². The fraction of sp³-hybridized carbons (Fsp3) is 0.600. The number of carbonyl (C=O) groups is 1. The lowest BCUT2D eigenvalue weighted by Crippen LogP contribution is -1.99. The molecule has 0 aromatic carbocycles. The van der Waals surface area contributed by atoms with E-state index < -0.39 is 5.97 Å². The third-order valence-corrected chi connectivity index (χ3v) is 3.13. The number of aromatic nitrogens is 1. The summed E-state index contributed by atoms with van der Waals surface area (Å²) in [6, 6.07) is 0. The van der Waals surface area contributed by atoms with E-state index in [1.807, 2.05) is 13.8 Å². The fourth-order valence-corrected chi connectivity index (χ4v) is 2.24. The molecule has 0 bridgehead atoms. The van der Waals surface area contributed by atoms with Crippen LogP contribution in [0.15, 0.2) is 0 Å². The lowest BCUT2D eigenvalue weighted by molar-refractivity contribution is -0.136. The lowest BCUT2D eigenvalue weighted by atomic mass is 10.3. The minimum absolute atomic E-state index is 0.0676. The molecular formula is C10H15NO3S. The van der Waals surface area contributed by atoms with Crippen LogP contribution in [0.5, 0.6) is 0 Å². The van der Waals surface area contributed by atoms with Crippen LogP contribution in [-0.2, 0) is 22.4 Å². The SMILES string of the molecule is CCOCCc1nc(C)c(CC(=O)O)s1. The molecule has 0 spiro atoms. The molecule has 1 aromatic heterocycles. The summed E-state index contributed by atoms with van der Waals surface area (Å²) in [6.07, 6.45) is 0.830. The second kappa shape index (κ2) is 5.82. The first-order chi connectivity index (χ1) is 7.13. The Balaban J connectivity index is 2.56. The highest BCUT2D eigenvalue weighted by Gasteiger charge is 2.10. The second-order valence-corrected chi connectivity index (χ2v) is 4.30. The average Bonchev–Trinajstić information content (AvgIpc) is 2.47. The van der Waals surface area contributed by atoms with Crippen LogP contribution in [0.1, 0.15) is 22.5 Å². The highest BCUT2D eigenvalue weighted by molar-refractivity contribution is 7.11. The second-order valence-electron chi connectivity index (χ2n) is 3.13. The molecule has 5 heteroatoms. The summed E-state index contributed by atoms with van der Waals surface area (Å²) in [5, 5.41) is 9.62. The van der Waals surface area contributed by atoms with Gasteiger partial charge in [0.2, 0.25) is 0 Å². The van der Waals surface area contributed by atoms with Crippen LogP contribution in [0.4, 0.5) is 0 Å². The van der Waals surface area contributed by atoms with Gasteiger partial charge in [0.1, 0.15) is 0 Å². The van der Waals surface area contributed by atoms with Gasteiger partial charge in [-0.15, -0.1) is 11.3 Å². The van der Waals surface area contributed by atoms with E-state index in [1.165, 1.54) is 11.3 Å². The van der Waals surface area contributed by atoms with Crippen LogP contribution >= 0.6 is 11.3 Å². The predicted octanol–water partition coefficient (Wildman–Crippen LogP) is 1.66. The van der Waals surface area contributed by atoms with E-state index in [2.05, 4.69) is 4.98 Å². The van der Waals surface area contributed by atoms with Crippen molar-refractivity contribution in [3.05, 3.63) is 15.6 Å². The van der Waals surface area contributed by atoms with Gasteiger partial charge in [-0.05, 0) is 13.8 Å². The van der Waals surface area contributed by atoms with Gasteiger partial charge in [-0.3, -0.25) is 4.79 Å². The Morgan fingerprint density at radius 2 is 2.33 bits per heavy atom. The molecule has 0 aliphatic carbocycles. The maximum absolute atomic E-state index is 10.5. The standard InChI is InChI=1S/C10H15NO3S/c1-3-14-5-4-9-11-7(2)8(15-9)6-10(12)13/h3-6H2,1-2H3,(H,12,13). The van der Waals surface area contributed by atoms with E-state index in [4.69, 9.17) is 9.84 Å². The number of aliphatic carboxylic acids is 1. The first kappa shape index (κ1) is 12.1.